The zero-order valence-electron chi connectivity index (χ0n) is 48.0. The zero-order valence-corrected chi connectivity index (χ0v) is 48.0. The Labute approximate surface area is 450 Å². The summed E-state index contributed by atoms with van der Waals surface area (Å²) in [6.07, 6.45) is 0. The molecule has 0 atom stereocenters. The van der Waals surface area contributed by atoms with E-state index >= 15 is 0 Å². The molecule has 0 spiro atoms. The molecular weight excluding hydrogens is 906 g/mol. The van der Waals surface area contributed by atoms with E-state index in [4.69, 9.17) is 0 Å². The molecule has 0 saturated carbocycles. The van der Waals surface area contributed by atoms with Gasteiger partial charge in [-0.15, -0.1) is 0 Å². The molecule has 0 fully saturated rings. The molecule has 0 saturated heterocycles. The zero-order chi connectivity index (χ0) is 53.5. The number of fused-ring (bicyclic) bond motifs is 8. The fourth-order valence-corrected chi connectivity index (χ4v) is 12.4. The predicted molar refractivity (Wildman–Crippen MR) is 326 cm³/mol. The minimum Gasteiger partial charge on any atom is -0.311 e. The second-order valence-electron chi connectivity index (χ2n) is 27.6. The van der Waals surface area contributed by atoms with Crippen molar-refractivity contribution in [2.75, 3.05) is 14.7 Å². The van der Waals surface area contributed by atoms with Crippen molar-refractivity contribution in [2.24, 2.45) is 0 Å². The molecule has 2 aliphatic heterocycles. The Morgan fingerprint density at radius 1 is 0.387 bits per heavy atom. The third-order valence-corrected chi connectivity index (χ3v) is 16.8. The van der Waals surface area contributed by atoms with E-state index < -0.39 is 0 Å². The lowest BCUT2D eigenvalue weighted by Crippen LogP contribution is -2.62. The summed E-state index contributed by atoms with van der Waals surface area (Å²) in [7, 11) is 0. The molecule has 8 aromatic rings. The van der Waals surface area contributed by atoms with E-state index in [2.05, 4.69) is 296 Å². The summed E-state index contributed by atoms with van der Waals surface area (Å²) in [6, 6.07) is 64.0. The lowest BCUT2D eigenvalue weighted by atomic mass is 9.32. The Kier molecular flexibility index (Phi) is 11.5. The van der Waals surface area contributed by atoms with Crippen LogP contribution in [-0.4, -0.2) is 6.71 Å². The Morgan fingerprint density at radius 3 is 1.25 bits per heavy atom. The molecule has 0 amide bonds. The van der Waals surface area contributed by atoms with Crippen LogP contribution in [0.4, 0.5) is 51.2 Å². The lowest BCUT2D eigenvalue weighted by molar-refractivity contribution is 0.590. The van der Waals surface area contributed by atoms with E-state index in [1.165, 1.54) is 101 Å². The quantitative estimate of drug-likeness (QED) is 0.159. The normalized spacial score (nSPS) is 14.8. The van der Waals surface area contributed by atoms with Crippen molar-refractivity contribution in [3.05, 3.63) is 203 Å². The molecule has 3 aliphatic rings. The van der Waals surface area contributed by atoms with Crippen LogP contribution >= 0.6 is 0 Å². The number of rotatable bonds is 5. The van der Waals surface area contributed by atoms with Crippen molar-refractivity contribution in [3.63, 3.8) is 0 Å². The van der Waals surface area contributed by atoms with Crippen LogP contribution in [0.2, 0.25) is 0 Å². The van der Waals surface area contributed by atoms with Gasteiger partial charge in [-0.2, -0.15) is 0 Å². The summed E-state index contributed by atoms with van der Waals surface area (Å²) >= 11 is 0. The number of hydrogen-bond acceptors (Lipinski definition) is 3. The summed E-state index contributed by atoms with van der Waals surface area (Å²) in [5, 5.41) is 0. The summed E-state index contributed by atoms with van der Waals surface area (Å²) in [4.78, 5) is 7.76. The van der Waals surface area contributed by atoms with Crippen molar-refractivity contribution >= 4 is 74.3 Å². The summed E-state index contributed by atoms with van der Waals surface area (Å²) in [5.41, 5.74) is 26.4. The van der Waals surface area contributed by atoms with Gasteiger partial charge < -0.3 is 14.7 Å². The largest absolute Gasteiger partial charge is 0.311 e. The van der Waals surface area contributed by atoms with Gasteiger partial charge in [0.2, 0.25) is 0 Å². The van der Waals surface area contributed by atoms with Gasteiger partial charge in [-0.1, -0.05) is 209 Å². The molecule has 8 aromatic carbocycles. The van der Waals surface area contributed by atoms with E-state index in [1.807, 2.05) is 0 Å². The van der Waals surface area contributed by atoms with Crippen molar-refractivity contribution < 1.29 is 0 Å². The first-order chi connectivity index (χ1) is 35.1. The van der Waals surface area contributed by atoms with Gasteiger partial charge in [-0.3, -0.25) is 0 Å². The number of benzene rings is 8. The molecule has 11 rings (SSSR count). The molecule has 380 valence electrons. The molecule has 2 heterocycles. The number of anilines is 9. The summed E-state index contributed by atoms with van der Waals surface area (Å²) in [6.45, 7) is 39.6. The first-order valence-corrected chi connectivity index (χ1v) is 27.6. The van der Waals surface area contributed by atoms with Crippen LogP contribution < -0.4 is 31.1 Å². The summed E-state index contributed by atoms with van der Waals surface area (Å²) in [5.74, 6) is 0. The average molecular weight is 984 g/mol. The van der Waals surface area contributed by atoms with Gasteiger partial charge in [0.05, 0.1) is 5.69 Å². The highest BCUT2D eigenvalue weighted by atomic mass is 15.2. The minimum absolute atomic E-state index is 0.00170. The van der Waals surface area contributed by atoms with Gasteiger partial charge in [-0.25, -0.2) is 0 Å². The van der Waals surface area contributed by atoms with Gasteiger partial charge >= 0.3 is 0 Å². The third kappa shape index (κ3) is 8.34. The lowest BCUT2D eigenvalue weighted by Gasteiger charge is -2.46. The highest BCUT2D eigenvalue weighted by molar-refractivity contribution is 7.01. The number of hydrogen-bond donors (Lipinski definition) is 0. The molecule has 3 nitrogen and oxygen atoms in total. The van der Waals surface area contributed by atoms with Gasteiger partial charge in [0, 0.05) is 50.9 Å². The van der Waals surface area contributed by atoms with Crippen LogP contribution in [-0.2, 0) is 32.5 Å². The van der Waals surface area contributed by atoms with Crippen molar-refractivity contribution in [3.8, 4) is 11.1 Å². The average Bonchev–Trinajstić information content (AvgIpc) is 3.62. The van der Waals surface area contributed by atoms with E-state index in [1.54, 1.807) is 0 Å². The summed E-state index contributed by atoms with van der Waals surface area (Å²) < 4.78 is 0. The fourth-order valence-electron chi connectivity index (χ4n) is 12.4. The van der Waals surface area contributed by atoms with Crippen LogP contribution in [0.25, 0.3) is 11.1 Å². The van der Waals surface area contributed by atoms with E-state index in [-0.39, 0.29) is 39.2 Å². The highest BCUT2D eigenvalue weighted by Crippen LogP contribution is 2.57. The molecule has 75 heavy (non-hydrogen) atoms. The maximum Gasteiger partial charge on any atom is 0.252 e. The Balaban J connectivity index is 1.29. The topological polar surface area (TPSA) is 9.72 Å². The van der Waals surface area contributed by atoms with Gasteiger partial charge in [0.25, 0.3) is 6.71 Å². The van der Waals surface area contributed by atoms with Crippen LogP contribution in [0.3, 0.4) is 0 Å². The number of nitrogens with zero attached hydrogens (tertiary/aromatic N) is 3. The van der Waals surface area contributed by atoms with E-state index in [0.717, 1.165) is 17.1 Å². The second kappa shape index (κ2) is 17.1. The second-order valence-corrected chi connectivity index (χ2v) is 27.6. The van der Waals surface area contributed by atoms with Gasteiger partial charge in [0.1, 0.15) is 0 Å². The molecule has 4 heteroatoms. The Hall–Kier alpha value is -6.78. The van der Waals surface area contributed by atoms with E-state index in [9.17, 15) is 0 Å². The van der Waals surface area contributed by atoms with Gasteiger partial charge in [-0.05, 0) is 166 Å². The maximum absolute atomic E-state index is 2.62. The smallest absolute Gasteiger partial charge is 0.252 e. The molecule has 0 unspecified atom stereocenters. The highest BCUT2D eigenvalue weighted by Gasteiger charge is 2.50. The maximum atomic E-state index is 2.62. The first-order valence-electron chi connectivity index (χ1n) is 27.6. The molecule has 0 bridgehead atoms. The van der Waals surface area contributed by atoms with E-state index in [0.29, 0.717) is 0 Å². The fraction of sp³-hybridized carbons (Fsp3) is 0.324. The molecule has 0 radical (unpaired) electrons. The third-order valence-electron chi connectivity index (χ3n) is 16.8. The van der Waals surface area contributed by atoms with Crippen LogP contribution in [0.5, 0.6) is 0 Å². The molecule has 0 aromatic heterocycles. The molecule has 0 N–H and O–H groups in total. The van der Waals surface area contributed by atoms with Crippen molar-refractivity contribution in [2.45, 2.75) is 150 Å². The molecular formula is C71H78BN3. The van der Waals surface area contributed by atoms with Crippen LogP contribution in [0, 0.1) is 0 Å². The van der Waals surface area contributed by atoms with Gasteiger partial charge in [0.15, 0.2) is 0 Å². The molecule has 1 aliphatic carbocycles. The van der Waals surface area contributed by atoms with Crippen molar-refractivity contribution in [1.82, 2.24) is 0 Å². The van der Waals surface area contributed by atoms with Crippen LogP contribution in [0.1, 0.15) is 157 Å². The minimum atomic E-state index is -0.351. The first kappa shape index (κ1) is 50.4. The monoisotopic (exact) mass is 984 g/mol. The SMILES string of the molecule is CC(C)(C)c1ccc(N(c2ccc(C(C)(C)C)cc2)c2cc3c(c4c2C(C)(C)c2ccccc2-4)B2c4cc(C(C)(C)C)ccc4N(c4ccc(C(C)(C)C)cc4)c4cccc(c42)N3c2ccc(C(C)(C)C)cc2)cc1. The predicted octanol–water partition coefficient (Wildman–Crippen LogP) is 18.0. The standard InChI is InChI=1S/C71H78BN3/c1-66(2,3)45-25-34-50(35-26-45)73(51-36-27-46(28-37-51)67(4,5)6)60-44-61-65(62-54-21-18-19-22-55(54)71(16,17)63(60)62)72-56-43-49(70(13,14)15)33-42-57(56)74(52-38-29-47(30-39-52)68(7,8)9)58-23-20-24-59(64(58)72)75(61)53-40-31-48(32-41-53)69(10,11)12/h18-44H,1-17H3. The Morgan fingerprint density at radius 2 is 0.800 bits per heavy atom. The van der Waals surface area contributed by atoms with Crippen LogP contribution in [0.15, 0.2) is 164 Å². The Bertz CT molecular complexity index is 3450. The van der Waals surface area contributed by atoms with Crippen molar-refractivity contribution in [1.29, 1.82) is 0 Å².